The zero-order chi connectivity index (χ0) is 12.5. The maximum atomic E-state index is 5.62. The summed E-state index contributed by atoms with van der Waals surface area (Å²) in [5, 5.41) is 3.39. The van der Waals surface area contributed by atoms with Crippen LogP contribution in [0, 0.1) is 23.2 Å². The van der Waals surface area contributed by atoms with Gasteiger partial charge in [-0.2, -0.15) is 0 Å². The average Bonchev–Trinajstić information content (AvgIpc) is 2.62. The van der Waals surface area contributed by atoms with Crippen LogP contribution in [0.15, 0.2) is 0 Å². The lowest BCUT2D eigenvalue weighted by molar-refractivity contribution is -0.183. The van der Waals surface area contributed by atoms with E-state index in [1.54, 1.807) is 0 Å². The van der Waals surface area contributed by atoms with E-state index in [1.807, 2.05) is 0 Å². The molecule has 0 radical (unpaired) electrons. The molecule has 1 N–H and O–H groups in total. The summed E-state index contributed by atoms with van der Waals surface area (Å²) < 4.78 is 5.62. The van der Waals surface area contributed by atoms with Crippen molar-refractivity contribution < 1.29 is 4.74 Å². The molecule has 17 heavy (non-hydrogen) atoms. The first-order valence-electron chi connectivity index (χ1n) is 7.01. The predicted octanol–water partition coefficient (Wildman–Crippen LogP) is 1.45. The Bertz CT molecular complexity index is 251. The summed E-state index contributed by atoms with van der Waals surface area (Å²) in [5.74, 6) is 2.32. The van der Waals surface area contributed by atoms with Gasteiger partial charge in [0.25, 0.3) is 0 Å². The summed E-state index contributed by atoms with van der Waals surface area (Å²) in [6.07, 6.45) is 1.35. The molecular formula is C14H28N2O. The van der Waals surface area contributed by atoms with Crippen LogP contribution >= 0.6 is 0 Å². The molecule has 0 spiro atoms. The molecule has 0 bridgehead atoms. The minimum Gasteiger partial charge on any atom is -0.380 e. The fourth-order valence-corrected chi connectivity index (χ4v) is 3.82. The van der Waals surface area contributed by atoms with Crippen LogP contribution in [-0.2, 0) is 4.74 Å². The van der Waals surface area contributed by atoms with Gasteiger partial charge < -0.3 is 15.0 Å². The Morgan fingerprint density at radius 2 is 2.12 bits per heavy atom. The first kappa shape index (κ1) is 13.3. The SMILES string of the molecule is CNCC(C(C)C)C1(C2CCN(C)C2)COC1. The van der Waals surface area contributed by atoms with Crippen LogP contribution in [-0.4, -0.2) is 51.8 Å². The van der Waals surface area contributed by atoms with E-state index in [9.17, 15) is 0 Å². The van der Waals surface area contributed by atoms with E-state index in [-0.39, 0.29) is 0 Å². The summed E-state index contributed by atoms with van der Waals surface area (Å²) in [6.45, 7) is 10.3. The van der Waals surface area contributed by atoms with E-state index in [4.69, 9.17) is 4.74 Å². The topological polar surface area (TPSA) is 24.5 Å². The zero-order valence-corrected chi connectivity index (χ0v) is 11.8. The predicted molar refractivity (Wildman–Crippen MR) is 71.1 cm³/mol. The maximum absolute atomic E-state index is 5.62. The van der Waals surface area contributed by atoms with Crippen LogP contribution in [0.1, 0.15) is 20.3 Å². The summed E-state index contributed by atoms with van der Waals surface area (Å²) in [5.41, 5.74) is 0.446. The molecule has 2 rings (SSSR count). The average molecular weight is 240 g/mol. The molecule has 3 heteroatoms. The highest BCUT2D eigenvalue weighted by Gasteiger charge is 2.52. The van der Waals surface area contributed by atoms with E-state index in [1.165, 1.54) is 19.5 Å². The van der Waals surface area contributed by atoms with Crippen LogP contribution in [0.4, 0.5) is 0 Å². The lowest BCUT2D eigenvalue weighted by Crippen LogP contribution is -2.57. The van der Waals surface area contributed by atoms with Crippen molar-refractivity contribution in [2.45, 2.75) is 20.3 Å². The van der Waals surface area contributed by atoms with Crippen LogP contribution < -0.4 is 5.32 Å². The van der Waals surface area contributed by atoms with Gasteiger partial charge in [-0.1, -0.05) is 13.8 Å². The quantitative estimate of drug-likeness (QED) is 0.787. The second kappa shape index (κ2) is 5.25. The van der Waals surface area contributed by atoms with Crippen molar-refractivity contribution >= 4 is 0 Å². The van der Waals surface area contributed by atoms with Crippen LogP contribution in [0.5, 0.6) is 0 Å². The van der Waals surface area contributed by atoms with Crippen LogP contribution in [0.3, 0.4) is 0 Å². The van der Waals surface area contributed by atoms with Gasteiger partial charge >= 0.3 is 0 Å². The van der Waals surface area contributed by atoms with Crippen molar-refractivity contribution in [2.75, 3.05) is 46.9 Å². The molecule has 3 nitrogen and oxygen atoms in total. The van der Waals surface area contributed by atoms with E-state index in [0.29, 0.717) is 5.41 Å². The molecule has 2 fully saturated rings. The van der Waals surface area contributed by atoms with Crippen molar-refractivity contribution in [3.63, 3.8) is 0 Å². The highest BCUT2D eigenvalue weighted by atomic mass is 16.5. The molecule has 2 aliphatic heterocycles. The monoisotopic (exact) mass is 240 g/mol. The second-order valence-electron chi connectivity index (χ2n) is 6.38. The van der Waals surface area contributed by atoms with Gasteiger partial charge in [0.05, 0.1) is 13.2 Å². The van der Waals surface area contributed by atoms with Crippen molar-refractivity contribution in [3.05, 3.63) is 0 Å². The molecule has 2 saturated heterocycles. The number of nitrogens with one attached hydrogen (secondary N) is 1. The third-order valence-electron chi connectivity index (χ3n) is 4.91. The van der Waals surface area contributed by atoms with Gasteiger partial charge in [0.2, 0.25) is 0 Å². The third-order valence-corrected chi connectivity index (χ3v) is 4.91. The van der Waals surface area contributed by atoms with Crippen molar-refractivity contribution in [2.24, 2.45) is 23.2 Å². The lowest BCUT2D eigenvalue weighted by Gasteiger charge is -2.52. The third kappa shape index (κ3) is 2.38. The summed E-state index contributed by atoms with van der Waals surface area (Å²) in [4.78, 5) is 2.47. The fourth-order valence-electron chi connectivity index (χ4n) is 3.82. The molecule has 0 aliphatic carbocycles. The molecule has 100 valence electrons. The minimum atomic E-state index is 0.446. The Hall–Kier alpha value is -0.120. The molecule has 2 atom stereocenters. The summed E-state index contributed by atoms with van der Waals surface area (Å²) >= 11 is 0. The molecule has 0 aromatic heterocycles. The van der Waals surface area contributed by atoms with E-state index in [2.05, 4.69) is 38.2 Å². The van der Waals surface area contributed by atoms with E-state index >= 15 is 0 Å². The lowest BCUT2D eigenvalue weighted by atomic mass is 9.61. The van der Waals surface area contributed by atoms with Gasteiger partial charge in [-0.3, -0.25) is 0 Å². The molecule has 0 saturated carbocycles. The van der Waals surface area contributed by atoms with Crippen LogP contribution in [0.25, 0.3) is 0 Å². The van der Waals surface area contributed by atoms with Crippen molar-refractivity contribution in [1.82, 2.24) is 10.2 Å². The number of hydrogen-bond acceptors (Lipinski definition) is 3. The molecule has 0 amide bonds. The Balaban J connectivity index is 2.11. The zero-order valence-electron chi connectivity index (χ0n) is 11.8. The molecule has 0 aromatic rings. The largest absolute Gasteiger partial charge is 0.380 e. The molecule has 0 aromatic carbocycles. The van der Waals surface area contributed by atoms with Gasteiger partial charge in [0, 0.05) is 12.0 Å². The molecular weight excluding hydrogens is 212 g/mol. The number of likely N-dealkylation sites (tertiary alicyclic amines) is 1. The Labute approximate surface area is 106 Å². The number of hydrogen-bond donors (Lipinski definition) is 1. The molecule has 2 unspecified atom stereocenters. The first-order chi connectivity index (χ1) is 8.10. The normalized spacial score (nSPS) is 30.5. The van der Waals surface area contributed by atoms with Gasteiger partial charge in [0.1, 0.15) is 0 Å². The highest BCUT2D eigenvalue weighted by Crippen LogP contribution is 2.48. The van der Waals surface area contributed by atoms with E-state index in [0.717, 1.165) is 37.5 Å². The highest BCUT2D eigenvalue weighted by molar-refractivity contribution is 5.01. The number of rotatable bonds is 5. The van der Waals surface area contributed by atoms with Gasteiger partial charge in [-0.15, -0.1) is 0 Å². The van der Waals surface area contributed by atoms with Crippen molar-refractivity contribution in [1.29, 1.82) is 0 Å². The summed E-state index contributed by atoms with van der Waals surface area (Å²) in [6, 6.07) is 0. The second-order valence-corrected chi connectivity index (χ2v) is 6.38. The first-order valence-corrected chi connectivity index (χ1v) is 7.01. The van der Waals surface area contributed by atoms with Crippen molar-refractivity contribution in [3.8, 4) is 0 Å². The maximum Gasteiger partial charge on any atom is 0.0551 e. The number of ether oxygens (including phenoxy) is 1. The standard InChI is InChI=1S/C14H28N2O/c1-11(2)13(7-15-3)14(9-17-10-14)12-5-6-16(4)8-12/h11-13,15H,5-10H2,1-4H3. The number of nitrogens with zero attached hydrogens (tertiary/aromatic N) is 1. The fraction of sp³-hybridized carbons (Fsp3) is 1.00. The van der Waals surface area contributed by atoms with E-state index < -0.39 is 0 Å². The Kier molecular flexibility index (Phi) is 4.11. The Morgan fingerprint density at radius 1 is 1.41 bits per heavy atom. The van der Waals surface area contributed by atoms with Crippen LogP contribution in [0.2, 0.25) is 0 Å². The van der Waals surface area contributed by atoms with Gasteiger partial charge in [0.15, 0.2) is 0 Å². The van der Waals surface area contributed by atoms with Gasteiger partial charge in [-0.25, -0.2) is 0 Å². The molecule has 2 aliphatic rings. The molecule has 2 heterocycles. The smallest absolute Gasteiger partial charge is 0.0551 e. The minimum absolute atomic E-state index is 0.446. The summed E-state index contributed by atoms with van der Waals surface area (Å²) in [7, 11) is 4.32. The van der Waals surface area contributed by atoms with Gasteiger partial charge in [-0.05, 0) is 51.4 Å². The Morgan fingerprint density at radius 3 is 2.47 bits per heavy atom.